The Morgan fingerprint density at radius 3 is 2.45 bits per heavy atom. The molecule has 0 radical (unpaired) electrons. The van der Waals surface area contributed by atoms with E-state index in [1.165, 1.54) is 29.1 Å². The number of benzene rings is 2. The van der Waals surface area contributed by atoms with Crippen LogP contribution in [0.4, 0.5) is 0 Å². The van der Waals surface area contributed by atoms with E-state index in [2.05, 4.69) is 18.8 Å². The Kier molecular flexibility index (Phi) is 9.78. The van der Waals surface area contributed by atoms with Gasteiger partial charge in [-0.2, -0.15) is 0 Å². The minimum atomic E-state index is -0.795. The first-order valence-electron chi connectivity index (χ1n) is 13.9. The van der Waals surface area contributed by atoms with E-state index >= 15 is 0 Å². The van der Waals surface area contributed by atoms with E-state index in [9.17, 15) is 14.7 Å². The van der Waals surface area contributed by atoms with Gasteiger partial charge < -0.3 is 24.1 Å². The molecule has 1 aromatic heterocycles. The summed E-state index contributed by atoms with van der Waals surface area (Å²) in [6.45, 7) is 10.7. The third kappa shape index (κ3) is 6.70. The standard InChI is InChI=1S/C32H38N2O7S/c1-18(2)12-13-40-24-11-9-22(16-26(24)39-7)29-28(31(37)41-17-19(3)4)20(5)33-32-34(29)30(36)27(42-32)15-21-8-10-23(35)25(14-21)38-6/h8-11,14-16,18-19,29,35H,12-13,17H2,1-7H3/b27-15-. The van der Waals surface area contributed by atoms with Crippen molar-refractivity contribution in [3.05, 3.63) is 78.5 Å². The van der Waals surface area contributed by atoms with Crippen molar-refractivity contribution < 1.29 is 28.8 Å². The molecule has 1 aliphatic heterocycles. The van der Waals surface area contributed by atoms with Gasteiger partial charge in [-0.05, 0) is 66.6 Å². The van der Waals surface area contributed by atoms with Crippen molar-refractivity contribution in [1.82, 2.24) is 4.57 Å². The highest BCUT2D eigenvalue weighted by Crippen LogP contribution is 2.36. The van der Waals surface area contributed by atoms with Crippen LogP contribution in [0.1, 0.15) is 58.2 Å². The van der Waals surface area contributed by atoms with Gasteiger partial charge >= 0.3 is 5.97 Å². The van der Waals surface area contributed by atoms with Crippen LogP contribution in [0.5, 0.6) is 23.0 Å². The quantitative estimate of drug-likeness (QED) is 0.324. The highest BCUT2D eigenvalue weighted by Gasteiger charge is 2.34. The molecular weight excluding hydrogens is 556 g/mol. The molecule has 0 saturated carbocycles. The van der Waals surface area contributed by atoms with Gasteiger partial charge in [-0.3, -0.25) is 9.36 Å². The fourth-order valence-electron chi connectivity index (χ4n) is 4.53. The first-order valence-corrected chi connectivity index (χ1v) is 14.7. The molecule has 4 rings (SSSR count). The summed E-state index contributed by atoms with van der Waals surface area (Å²) < 4.78 is 24.5. The molecular formula is C32H38N2O7S. The number of ether oxygens (including phenoxy) is 4. The van der Waals surface area contributed by atoms with Crippen LogP contribution in [0, 0.1) is 11.8 Å². The molecule has 3 aromatic rings. The minimum Gasteiger partial charge on any atom is -0.504 e. The minimum absolute atomic E-state index is 0.00173. The lowest BCUT2D eigenvalue weighted by Crippen LogP contribution is -2.40. The van der Waals surface area contributed by atoms with Crippen molar-refractivity contribution in [2.75, 3.05) is 27.4 Å². The maximum Gasteiger partial charge on any atom is 0.338 e. The fraction of sp³-hybridized carbons (Fsp3) is 0.406. The monoisotopic (exact) mass is 594 g/mol. The normalized spacial score (nSPS) is 15.1. The Hall–Kier alpha value is -4.05. The lowest BCUT2D eigenvalue weighted by Gasteiger charge is -2.25. The molecule has 10 heteroatoms. The second-order valence-corrected chi connectivity index (χ2v) is 12.0. The van der Waals surface area contributed by atoms with Crippen molar-refractivity contribution in [3.63, 3.8) is 0 Å². The van der Waals surface area contributed by atoms with Crippen LogP contribution in [0.25, 0.3) is 6.08 Å². The van der Waals surface area contributed by atoms with E-state index in [4.69, 9.17) is 18.9 Å². The van der Waals surface area contributed by atoms with Gasteiger partial charge in [-0.1, -0.05) is 51.2 Å². The highest BCUT2D eigenvalue weighted by molar-refractivity contribution is 7.07. The molecule has 0 aliphatic carbocycles. The second-order valence-electron chi connectivity index (χ2n) is 10.9. The third-order valence-electron chi connectivity index (χ3n) is 6.75. The lowest BCUT2D eigenvalue weighted by atomic mass is 9.95. The number of allylic oxidation sites excluding steroid dienone is 1. The van der Waals surface area contributed by atoms with Gasteiger partial charge in [0.1, 0.15) is 0 Å². The van der Waals surface area contributed by atoms with E-state index in [1.54, 1.807) is 44.4 Å². The number of carbonyl (C=O) groups excluding carboxylic acids is 1. The predicted octanol–water partition coefficient (Wildman–Crippen LogP) is 4.58. The highest BCUT2D eigenvalue weighted by atomic mass is 32.1. The van der Waals surface area contributed by atoms with Crippen molar-refractivity contribution in [2.24, 2.45) is 16.8 Å². The molecule has 0 amide bonds. The number of hydrogen-bond donors (Lipinski definition) is 1. The van der Waals surface area contributed by atoms with Crippen LogP contribution in [0.15, 0.2) is 57.5 Å². The number of phenols is 1. The van der Waals surface area contributed by atoms with Gasteiger partial charge in [-0.25, -0.2) is 9.79 Å². The number of methoxy groups -OCH3 is 2. The summed E-state index contributed by atoms with van der Waals surface area (Å²) in [5.41, 5.74) is 1.78. The van der Waals surface area contributed by atoms with E-state index in [1.807, 2.05) is 19.9 Å². The number of hydrogen-bond acceptors (Lipinski definition) is 9. The number of esters is 1. The van der Waals surface area contributed by atoms with Crippen molar-refractivity contribution in [1.29, 1.82) is 0 Å². The van der Waals surface area contributed by atoms with Gasteiger partial charge in [0.2, 0.25) is 0 Å². The smallest absolute Gasteiger partial charge is 0.338 e. The molecule has 2 aromatic carbocycles. The van der Waals surface area contributed by atoms with Crippen LogP contribution >= 0.6 is 11.3 Å². The summed E-state index contributed by atoms with van der Waals surface area (Å²) in [7, 11) is 3.02. The molecule has 2 heterocycles. The number of phenolic OH excluding ortho intramolecular Hbond substituents is 1. The zero-order valence-corrected chi connectivity index (χ0v) is 25.9. The largest absolute Gasteiger partial charge is 0.504 e. The number of carbonyl (C=O) groups is 1. The average molecular weight is 595 g/mol. The van der Waals surface area contributed by atoms with Gasteiger partial charge in [0.05, 0.1) is 49.3 Å². The van der Waals surface area contributed by atoms with Crippen LogP contribution in [0.3, 0.4) is 0 Å². The van der Waals surface area contributed by atoms with Gasteiger partial charge in [0.15, 0.2) is 27.8 Å². The number of fused-ring (bicyclic) bond motifs is 1. The zero-order chi connectivity index (χ0) is 30.6. The summed E-state index contributed by atoms with van der Waals surface area (Å²) in [5.74, 6) is 1.48. The Morgan fingerprint density at radius 2 is 1.79 bits per heavy atom. The Morgan fingerprint density at radius 1 is 1.05 bits per heavy atom. The molecule has 1 aliphatic rings. The number of nitrogens with zero attached hydrogens (tertiary/aromatic N) is 2. The molecule has 0 spiro atoms. The summed E-state index contributed by atoms with van der Waals surface area (Å²) in [6.07, 6.45) is 2.61. The summed E-state index contributed by atoms with van der Waals surface area (Å²) in [4.78, 5) is 32.6. The summed E-state index contributed by atoms with van der Waals surface area (Å²) in [6, 6.07) is 9.49. The van der Waals surface area contributed by atoms with E-state index < -0.39 is 12.0 Å². The van der Waals surface area contributed by atoms with Crippen LogP contribution < -0.4 is 29.1 Å². The lowest BCUT2D eigenvalue weighted by molar-refractivity contribution is -0.140. The van der Waals surface area contributed by atoms with Crippen LogP contribution in [-0.4, -0.2) is 43.1 Å². The number of aromatic nitrogens is 1. The topological polar surface area (TPSA) is 109 Å². The van der Waals surface area contributed by atoms with Crippen LogP contribution in [0.2, 0.25) is 0 Å². The maximum atomic E-state index is 14.0. The molecule has 0 saturated heterocycles. The molecule has 0 bridgehead atoms. The molecule has 1 unspecified atom stereocenters. The second kappa shape index (κ2) is 13.3. The predicted molar refractivity (Wildman–Crippen MR) is 162 cm³/mol. The van der Waals surface area contributed by atoms with E-state index in [0.29, 0.717) is 55.9 Å². The molecule has 1 N–H and O–H groups in total. The first-order chi connectivity index (χ1) is 20.0. The summed E-state index contributed by atoms with van der Waals surface area (Å²) in [5, 5.41) is 9.99. The third-order valence-corrected chi connectivity index (χ3v) is 7.73. The maximum absolute atomic E-state index is 14.0. The summed E-state index contributed by atoms with van der Waals surface area (Å²) >= 11 is 1.22. The number of aromatic hydroxyl groups is 1. The van der Waals surface area contributed by atoms with E-state index in [-0.39, 0.29) is 29.4 Å². The van der Waals surface area contributed by atoms with E-state index in [0.717, 1.165) is 6.42 Å². The molecule has 224 valence electrons. The van der Waals surface area contributed by atoms with Gasteiger partial charge in [0, 0.05) is 0 Å². The Labute approximate surface area is 249 Å². The first kappa shape index (κ1) is 30.9. The van der Waals surface area contributed by atoms with Crippen molar-refractivity contribution in [2.45, 2.75) is 47.1 Å². The Balaban J connectivity index is 1.86. The van der Waals surface area contributed by atoms with Crippen molar-refractivity contribution >= 4 is 23.4 Å². The number of rotatable bonds is 11. The van der Waals surface area contributed by atoms with Gasteiger partial charge in [-0.15, -0.1) is 0 Å². The Bertz CT molecular complexity index is 1670. The SMILES string of the molecule is COc1cc(/C=c2\sc3n(c2=O)C(c2ccc(OCCC(C)C)c(OC)c2)C(C(=O)OCC(C)C)=C(C)N=3)ccc1O. The van der Waals surface area contributed by atoms with Crippen molar-refractivity contribution in [3.8, 4) is 23.0 Å². The molecule has 1 atom stereocenters. The molecule has 0 fully saturated rings. The average Bonchev–Trinajstić information content (AvgIpc) is 3.25. The number of thiazole rings is 1. The fourth-order valence-corrected chi connectivity index (χ4v) is 5.58. The molecule has 42 heavy (non-hydrogen) atoms. The zero-order valence-electron chi connectivity index (χ0n) is 25.1. The van der Waals surface area contributed by atoms with Crippen LogP contribution in [-0.2, 0) is 9.53 Å². The van der Waals surface area contributed by atoms with Gasteiger partial charge in [0.25, 0.3) is 5.56 Å². The molecule has 9 nitrogen and oxygen atoms in total.